The summed E-state index contributed by atoms with van der Waals surface area (Å²) in [4.78, 5) is 24.0. The molecule has 1 fully saturated rings. The van der Waals surface area contributed by atoms with E-state index in [-0.39, 0.29) is 5.91 Å². The summed E-state index contributed by atoms with van der Waals surface area (Å²) in [7, 11) is 0. The topological polar surface area (TPSA) is 57.6 Å². The number of unbranched alkanes of at least 4 members (excludes halogenated alkanes) is 1. The van der Waals surface area contributed by atoms with Gasteiger partial charge < -0.3 is 10.0 Å². The summed E-state index contributed by atoms with van der Waals surface area (Å²) in [6.45, 7) is 4.17. The average molecular weight is 211 g/mol. The van der Waals surface area contributed by atoms with Gasteiger partial charge in [-0.3, -0.25) is 4.79 Å². The predicted octanol–water partition coefficient (Wildman–Crippen LogP) is 1.42. The highest BCUT2D eigenvalue weighted by atomic mass is 16.4. The zero-order valence-corrected chi connectivity index (χ0v) is 8.82. The molecule has 1 aliphatic heterocycles. The molecule has 4 nitrogen and oxygen atoms in total. The molecule has 1 heterocycles. The molecule has 0 aliphatic carbocycles. The molecule has 84 valence electrons. The van der Waals surface area contributed by atoms with Gasteiger partial charge in [-0.15, -0.1) is 6.58 Å². The van der Waals surface area contributed by atoms with Gasteiger partial charge >= 0.3 is 5.97 Å². The fourth-order valence-corrected chi connectivity index (χ4v) is 1.86. The van der Waals surface area contributed by atoms with Crippen LogP contribution in [-0.4, -0.2) is 34.5 Å². The molecule has 1 atom stereocenters. The first kappa shape index (κ1) is 11.8. The maximum absolute atomic E-state index is 11.7. The van der Waals surface area contributed by atoms with Gasteiger partial charge in [0.1, 0.15) is 6.04 Å². The number of carboxylic acid groups (broad SMARTS) is 1. The number of amides is 1. The molecule has 1 N–H and O–H groups in total. The molecule has 0 aromatic carbocycles. The van der Waals surface area contributed by atoms with E-state index in [0.29, 0.717) is 19.4 Å². The van der Waals surface area contributed by atoms with Gasteiger partial charge in [-0.05, 0) is 25.7 Å². The molecule has 0 spiro atoms. The van der Waals surface area contributed by atoms with E-state index in [1.54, 1.807) is 6.08 Å². The van der Waals surface area contributed by atoms with E-state index >= 15 is 0 Å². The molecule has 0 unspecified atom stereocenters. The van der Waals surface area contributed by atoms with Gasteiger partial charge in [0.25, 0.3) is 0 Å². The van der Waals surface area contributed by atoms with Gasteiger partial charge in [0, 0.05) is 13.0 Å². The van der Waals surface area contributed by atoms with Crippen molar-refractivity contribution in [2.75, 3.05) is 6.54 Å². The summed E-state index contributed by atoms with van der Waals surface area (Å²) in [6.07, 6.45) is 5.14. The van der Waals surface area contributed by atoms with Crippen molar-refractivity contribution in [1.82, 2.24) is 4.90 Å². The van der Waals surface area contributed by atoms with E-state index in [0.717, 1.165) is 19.3 Å². The molecule has 4 heteroatoms. The maximum Gasteiger partial charge on any atom is 0.326 e. The van der Waals surface area contributed by atoms with Gasteiger partial charge in [0.05, 0.1) is 0 Å². The molecule has 15 heavy (non-hydrogen) atoms. The van der Waals surface area contributed by atoms with Crippen LogP contribution in [0.1, 0.15) is 32.1 Å². The van der Waals surface area contributed by atoms with Crippen LogP contribution in [0.3, 0.4) is 0 Å². The van der Waals surface area contributed by atoms with E-state index in [1.165, 1.54) is 4.90 Å². The Morgan fingerprint density at radius 1 is 1.53 bits per heavy atom. The van der Waals surface area contributed by atoms with Gasteiger partial charge in [-0.25, -0.2) is 4.79 Å². The number of nitrogens with zero attached hydrogens (tertiary/aromatic N) is 1. The van der Waals surface area contributed by atoms with E-state index in [9.17, 15) is 9.59 Å². The number of carbonyl (C=O) groups is 2. The number of hydrogen-bond donors (Lipinski definition) is 1. The van der Waals surface area contributed by atoms with Crippen LogP contribution in [0.5, 0.6) is 0 Å². The summed E-state index contributed by atoms with van der Waals surface area (Å²) >= 11 is 0. The van der Waals surface area contributed by atoms with Gasteiger partial charge in [0.15, 0.2) is 0 Å². The minimum atomic E-state index is -0.885. The van der Waals surface area contributed by atoms with Crippen LogP contribution in [0.4, 0.5) is 0 Å². The molecular formula is C11H17NO3. The van der Waals surface area contributed by atoms with E-state index < -0.39 is 12.0 Å². The van der Waals surface area contributed by atoms with Gasteiger partial charge in [-0.2, -0.15) is 0 Å². The fourth-order valence-electron chi connectivity index (χ4n) is 1.86. The standard InChI is InChI=1S/C11H17NO3/c1-2-3-4-7-10(13)12-8-5-6-9(12)11(14)15/h2,9H,1,3-8H2,(H,14,15)/t9-/m0/s1. The maximum atomic E-state index is 11.7. The predicted molar refractivity (Wildman–Crippen MR) is 56.4 cm³/mol. The molecule has 0 radical (unpaired) electrons. The van der Waals surface area contributed by atoms with Crippen LogP contribution in [-0.2, 0) is 9.59 Å². The van der Waals surface area contributed by atoms with Crippen molar-refractivity contribution in [1.29, 1.82) is 0 Å². The summed E-state index contributed by atoms with van der Waals surface area (Å²) in [6, 6.07) is -0.596. The van der Waals surface area contributed by atoms with Crippen molar-refractivity contribution in [2.24, 2.45) is 0 Å². The van der Waals surface area contributed by atoms with Crippen molar-refractivity contribution in [3.05, 3.63) is 12.7 Å². The number of hydrogen-bond acceptors (Lipinski definition) is 2. The Hall–Kier alpha value is -1.32. The molecule has 0 bridgehead atoms. The Balaban J connectivity index is 2.43. The molecule has 1 amide bonds. The smallest absolute Gasteiger partial charge is 0.326 e. The number of aliphatic carboxylic acids is 1. The minimum Gasteiger partial charge on any atom is -0.480 e. The molecule has 1 aliphatic rings. The SMILES string of the molecule is C=CCCCC(=O)N1CCC[C@H]1C(=O)O. The fraction of sp³-hybridized carbons (Fsp3) is 0.636. The van der Waals surface area contributed by atoms with Crippen molar-refractivity contribution in [3.63, 3.8) is 0 Å². The van der Waals surface area contributed by atoms with E-state index in [4.69, 9.17) is 5.11 Å². The van der Waals surface area contributed by atoms with E-state index in [1.807, 2.05) is 0 Å². The minimum absolute atomic E-state index is 0.0400. The first-order valence-corrected chi connectivity index (χ1v) is 5.30. The Labute approximate surface area is 89.6 Å². The van der Waals surface area contributed by atoms with Crippen molar-refractivity contribution in [2.45, 2.75) is 38.1 Å². The zero-order chi connectivity index (χ0) is 11.3. The highest BCUT2D eigenvalue weighted by molar-refractivity contribution is 5.84. The average Bonchev–Trinajstić information content (AvgIpc) is 2.66. The second-order valence-corrected chi connectivity index (χ2v) is 3.76. The number of likely N-dealkylation sites (tertiary alicyclic amines) is 1. The lowest BCUT2D eigenvalue weighted by Crippen LogP contribution is -2.40. The number of carboxylic acids is 1. The molecule has 1 rings (SSSR count). The van der Waals surface area contributed by atoms with Crippen LogP contribution in [0, 0.1) is 0 Å². The third-order valence-corrected chi connectivity index (χ3v) is 2.66. The van der Waals surface area contributed by atoms with Crippen molar-refractivity contribution < 1.29 is 14.7 Å². The summed E-state index contributed by atoms with van der Waals surface area (Å²) in [5, 5.41) is 8.89. The summed E-state index contributed by atoms with van der Waals surface area (Å²) < 4.78 is 0. The van der Waals surface area contributed by atoms with Crippen LogP contribution in [0.2, 0.25) is 0 Å². The first-order chi connectivity index (χ1) is 7.16. The number of rotatable bonds is 5. The number of carbonyl (C=O) groups excluding carboxylic acids is 1. The Morgan fingerprint density at radius 3 is 2.87 bits per heavy atom. The van der Waals surface area contributed by atoms with E-state index in [2.05, 4.69) is 6.58 Å². The van der Waals surface area contributed by atoms with Crippen LogP contribution < -0.4 is 0 Å². The Kier molecular flexibility index (Phi) is 4.34. The molecule has 1 saturated heterocycles. The van der Waals surface area contributed by atoms with Gasteiger partial charge in [-0.1, -0.05) is 6.08 Å². The van der Waals surface area contributed by atoms with Crippen LogP contribution >= 0.6 is 0 Å². The third kappa shape index (κ3) is 3.08. The quantitative estimate of drug-likeness (QED) is 0.552. The second kappa shape index (κ2) is 5.53. The molecular weight excluding hydrogens is 194 g/mol. The monoisotopic (exact) mass is 211 g/mol. The third-order valence-electron chi connectivity index (χ3n) is 2.66. The lowest BCUT2D eigenvalue weighted by Gasteiger charge is -2.21. The second-order valence-electron chi connectivity index (χ2n) is 3.76. The molecule has 0 aromatic rings. The van der Waals surface area contributed by atoms with Crippen molar-refractivity contribution in [3.8, 4) is 0 Å². The normalized spacial score (nSPS) is 20.3. The Bertz CT molecular complexity index is 263. The highest BCUT2D eigenvalue weighted by Crippen LogP contribution is 2.19. The number of allylic oxidation sites excluding steroid dienone is 1. The zero-order valence-electron chi connectivity index (χ0n) is 8.82. The summed E-state index contributed by atoms with van der Waals surface area (Å²) in [5.41, 5.74) is 0. The largest absolute Gasteiger partial charge is 0.480 e. The van der Waals surface area contributed by atoms with Crippen LogP contribution in [0.25, 0.3) is 0 Å². The molecule has 0 aromatic heterocycles. The lowest BCUT2D eigenvalue weighted by molar-refractivity contribution is -0.148. The summed E-state index contributed by atoms with van der Waals surface area (Å²) in [5.74, 6) is -0.925. The van der Waals surface area contributed by atoms with Crippen LogP contribution in [0.15, 0.2) is 12.7 Å². The lowest BCUT2D eigenvalue weighted by atomic mass is 10.2. The first-order valence-electron chi connectivity index (χ1n) is 5.30. The highest BCUT2D eigenvalue weighted by Gasteiger charge is 2.33. The Morgan fingerprint density at radius 2 is 2.27 bits per heavy atom. The molecule has 0 saturated carbocycles. The van der Waals surface area contributed by atoms with Gasteiger partial charge in [0.2, 0.25) is 5.91 Å². The van der Waals surface area contributed by atoms with Crippen molar-refractivity contribution >= 4 is 11.9 Å².